The number of benzene rings is 4. The third kappa shape index (κ3) is 8.87. The van der Waals surface area contributed by atoms with Crippen LogP contribution in [0.1, 0.15) is 37.0 Å². The molecule has 0 radical (unpaired) electrons. The summed E-state index contributed by atoms with van der Waals surface area (Å²) >= 11 is 12.6. The van der Waals surface area contributed by atoms with Crippen LogP contribution in [0.25, 0.3) is 0 Å². The van der Waals surface area contributed by atoms with Gasteiger partial charge in [-0.25, -0.2) is 8.42 Å². The highest BCUT2D eigenvalue weighted by molar-refractivity contribution is 7.92. The molecule has 0 aliphatic carbocycles. The number of halogens is 2. The number of hydrogen-bond donors (Lipinski definition) is 1. The molecule has 0 spiro atoms. The molecule has 7 nitrogen and oxygen atoms in total. The maximum absolute atomic E-state index is 14.5. The monoisotopic (exact) mass is 665 g/mol. The van der Waals surface area contributed by atoms with Gasteiger partial charge >= 0.3 is 0 Å². The van der Waals surface area contributed by atoms with Crippen LogP contribution in [0.3, 0.4) is 0 Å². The molecule has 4 aromatic carbocycles. The molecule has 0 saturated heterocycles. The van der Waals surface area contributed by atoms with Gasteiger partial charge in [-0.2, -0.15) is 0 Å². The number of nitrogens with zero attached hydrogens (tertiary/aromatic N) is 2. The van der Waals surface area contributed by atoms with Crippen molar-refractivity contribution in [2.24, 2.45) is 0 Å². The van der Waals surface area contributed by atoms with E-state index in [1.54, 1.807) is 54.6 Å². The predicted molar refractivity (Wildman–Crippen MR) is 181 cm³/mol. The van der Waals surface area contributed by atoms with E-state index in [9.17, 15) is 18.0 Å². The average Bonchev–Trinajstić information content (AvgIpc) is 3.04. The molecule has 0 heterocycles. The second kappa shape index (κ2) is 15.4. The van der Waals surface area contributed by atoms with E-state index in [-0.39, 0.29) is 35.5 Å². The number of aryl methyl sites for hydroxylation is 1. The summed E-state index contributed by atoms with van der Waals surface area (Å²) in [5.41, 5.74) is 2.59. The van der Waals surface area contributed by atoms with Crippen LogP contribution in [0, 0.1) is 6.92 Å². The molecule has 10 heteroatoms. The standard InChI is InChI=1S/C35H37Cl2N3O4S/c1-4-26(3)38-35(42)33(21-27-11-7-5-8-12-27)39(23-28-16-18-29(36)19-17-28)34(41)24-40(30-20-15-25(2)32(37)22-30)45(43,44)31-13-9-6-10-14-31/h5-20,22,26,33H,4,21,23-24H2,1-3H3,(H,38,42)/t26-,33+/m0/s1. The van der Waals surface area contributed by atoms with Crippen molar-refractivity contribution in [1.82, 2.24) is 10.2 Å². The number of carbonyl (C=O) groups is 2. The summed E-state index contributed by atoms with van der Waals surface area (Å²) in [4.78, 5) is 29.9. The molecule has 45 heavy (non-hydrogen) atoms. The molecule has 0 aliphatic heterocycles. The third-order valence-electron chi connectivity index (χ3n) is 7.59. The molecule has 2 amide bonds. The summed E-state index contributed by atoms with van der Waals surface area (Å²) in [5, 5.41) is 3.92. The zero-order chi connectivity index (χ0) is 32.6. The molecule has 236 valence electrons. The Bertz CT molecular complexity index is 1700. The second-order valence-corrected chi connectivity index (χ2v) is 13.6. The fourth-order valence-electron chi connectivity index (χ4n) is 4.77. The van der Waals surface area contributed by atoms with Crippen molar-refractivity contribution in [1.29, 1.82) is 0 Å². The third-order valence-corrected chi connectivity index (χ3v) is 10.0. The molecule has 0 saturated carbocycles. The van der Waals surface area contributed by atoms with Crippen molar-refractivity contribution in [3.8, 4) is 0 Å². The summed E-state index contributed by atoms with van der Waals surface area (Å²) in [7, 11) is -4.21. The van der Waals surface area contributed by atoms with Crippen LogP contribution in [-0.2, 0) is 32.6 Å². The topological polar surface area (TPSA) is 86.8 Å². The van der Waals surface area contributed by atoms with Gasteiger partial charge in [0.2, 0.25) is 11.8 Å². The minimum absolute atomic E-state index is 0.0223. The predicted octanol–water partition coefficient (Wildman–Crippen LogP) is 7.05. The number of amides is 2. The molecular weight excluding hydrogens is 629 g/mol. The van der Waals surface area contributed by atoms with Gasteiger partial charge in [-0.3, -0.25) is 13.9 Å². The molecule has 0 bridgehead atoms. The van der Waals surface area contributed by atoms with Gasteiger partial charge in [0.1, 0.15) is 12.6 Å². The maximum atomic E-state index is 14.5. The molecule has 0 aromatic heterocycles. The van der Waals surface area contributed by atoms with Gasteiger partial charge < -0.3 is 10.2 Å². The minimum Gasteiger partial charge on any atom is -0.352 e. The molecule has 0 aliphatic rings. The number of hydrogen-bond acceptors (Lipinski definition) is 4. The van der Waals surface area contributed by atoms with Crippen LogP contribution in [-0.4, -0.2) is 43.8 Å². The lowest BCUT2D eigenvalue weighted by molar-refractivity contribution is -0.140. The Morgan fingerprint density at radius 3 is 2.07 bits per heavy atom. The maximum Gasteiger partial charge on any atom is 0.264 e. The zero-order valence-electron chi connectivity index (χ0n) is 25.5. The summed E-state index contributed by atoms with van der Waals surface area (Å²) in [5.74, 6) is -0.882. The van der Waals surface area contributed by atoms with Crippen molar-refractivity contribution < 1.29 is 18.0 Å². The van der Waals surface area contributed by atoms with Crippen molar-refractivity contribution in [3.05, 3.63) is 130 Å². The van der Waals surface area contributed by atoms with Crippen molar-refractivity contribution in [2.75, 3.05) is 10.8 Å². The van der Waals surface area contributed by atoms with Crippen LogP contribution in [0.5, 0.6) is 0 Å². The Morgan fingerprint density at radius 1 is 0.844 bits per heavy atom. The number of sulfonamides is 1. The van der Waals surface area contributed by atoms with Gasteiger partial charge in [0.05, 0.1) is 10.6 Å². The fraction of sp³-hybridized carbons (Fsp3) is 0.257. The fourth-order valence-corrected chi connectivity index (χ4v) is 6.49. The largest absolute Gasteiger partial charge is 0.352 e. The molecule has 2 atom stereocenters. The van der Waals surface area contributed by atoms with Crippen LogP contribution in [0.2, 0.25) is 10.0 Å². The first-order valence-corrected chi connectivity index (χ1v) is 16.9. The van der Waals surface area contributed by atoms with E-state index in [0.717, 1.165) is 21.0 Å². The van der Waals surface area contributed by atoms with Crippen LogP contribution < -0.4 is 9.62 Å². The van der Waals surface area contributed by atoms with Crippen molar-refractivity contribution in [2.45, 2.75) is 57.1 Å². The minimum atomic E-state index is -4.21. The lowest BCUT2D eigenvalue weighted by atomic mass is 10.0. The number of nitrogens with one attached hydrogen (secondary N) is 1. The Balaban J connectivity index is 1.81. The van der Waals surface area contributed by atoms with Gasteiger partial charge in [-0.05, 0) is 73.4 Å². The van der Waals surface area contributed by atoms with E-state index in [2.05, 4.69) is 5.32 Å². The first kappa shape index (κ1) is 34.0. The normalized spacial score (nSPS) is 12.6. The molecule has 1 N–H and O–H groups in total. The Labute approximate surface area is 275 Å². The zero-order valence-corrected chi connectivity index (χ0v) is 27.8. The van der Waals surface area contributed by atoms with Gasteiger partial charge in [-0.15, -0.1) is 0 Å². The second-order valence-electron chi connectivity index (χ2n) is 10.9. The highest BCUT2D eigenvalue weighted by Crippen LogP contribution is 2.29. The first-order chi connectivity index (χ1) is 21.5. The highest BCUT2D eigenvalue weighted by Gasteiger charge is 2.35. The lowest BCUT2D eigenvalue weighted by Gasteiger charge is -2.34. The van der Waals surface area contributed by atoms with Crippen molar-refractivity contribution in [3.63, 3.8) is 0 Å². The number of carbonyl (C=O) groups excluding carboxylic acids is 2. The van der Waals surface area contributed by atoms with Crippen LogP contribution in [0.4, 0.5) is 5.69 Å². The smallest absolute Gasteiger partial charge is 0.264 e. The molecule has 0 fully saturated rings. The average molecular weight is 667 g/mol. The van der Waals surface area contributed by atoms with Crippen LogP contribution in [0.15, 0.2) is 108 Å². The van der Waals surface area contributed by atoms with Crippen LogP contribution >= 0.6 is 23.2 Å². The van der Waals surface area contributed by atoms with E-state index >= 15 is 0 Å². The Kier molecular flexibility index (Phi) is 11.7. The highest BCUT2D eigenvalue weighted by atomic mass is 35.5. The first-order valence-electron chi connectivity index (χ1n) is 14.7. The summed E-state index contributed by atoms with van der Waals surface area (Å²) in [6, 6.07) is 28.1. The SMILES string of the molecule is CC[C@H](C)NC(=O)[C@@H](Cc1ccccc1)N(Cc1ccc(Cl)cc1)C(=O)CN(c1ccc(C)c(Cl)c1)S(=O)(=O)c1ccccc1. The lowest BCUT2D eigenvalue weighted by Crippen LogP contribution is -2.54. The van der Waals surface area contributed by atoms with E-state index < -0.39 is 28.5 Å². The molecule has 4 aromatic rings. The quantitative estimate of drug-likeness (QED) is 0.166. The number of rotatable bonds is 13. The van der Waals surface area contributed by atoms with Gasteiger partial charge in [0.15, 0.2) is 0 Å². The van der Waals surface area contributed by atoms with E-state index in [4.69, 9.17) is 23.2 Å². The van der Waals surface area contributed by atoms with E-state index in [1.165, 1.54) is 23.1 Å². The summed E-state index contributed by atoms with van der Waals surface area (Å²) in [6.07, 6.45) is 0.927. The molecular formula is C35H37Cl2N3O4S. The summed E-state index contributed by atoms with van der Waals surface area (Å²) in [6.45, 7) is 5.16. The van der Waals surface area contributed by atoms with Gasteiger partial charge in [0, 0.05) is 29.1 Å². The molecule has 4 rings (SSSR count). The summed E-state index contributed by atoms with van der Waals surface area (Å²) < 4.78 is 29.2. The van der Waals surface area contributed by atoms with Gasteiger partial charge in [0.25, 0.3) is 10.0 Å². The van der Waals surface area contributed by atoms with Gasteiger partial charge in [-0.1, -0.05) is 96.9 Å². The number of anilines is 1. The van der Waals surface area contributed by atoms with E-state index in [1.807, 2.05) is 51.1 Å². The van der Waals surface area contributed by atoms with E-state index in [0.29, 0.717) is 16.5 Å². The molecule has 0 unspecified atom stereocenters. The Hall–Kier alpha value is -3.85. The van der Waals surface area contributed by atoms with Crippen molar-refractivity contribution >= 4 is 50.7 Å². The Morgan fingerprint density at radius 2 is 1.47 bits per heavy atom.